The Bertz CT molecular complexity index is 1240. The molecule has 3 aromatic heterocycles. The number of hydrogen-bond acceptors (Lipinski definition) is 4. The van der Waals surface area contributed by atoms with E-state index in [1.165, 1.54) is 10.2 Å². The normalized spacial score (nSPS) is 13.6. The average molecular weight is 406 g/mol. The van der Waals surface area contributed by atoms with E-state index < -0.39 is 6.04 Å². The van der Waals surface area contributed by atoms with Crippen LogP contribution in [0.5, 0.6) is 0 Å². The minimum Gasteiger partial charge on any atom is -0.463 e. The fraction of sp³-hybridized carbons (Fsp3) is 0.348. The number of aromatic nitrogens is 3. The Balaban J connectivity index is 1.55. The van der Waals surface area contributed by atoms with Crippen molar-refractivity contribution in [3.63, 3.8) is 0 Å². The van der Waals surface area contributed by atoms with E-state index in [0.29, 0.717) is 23.3 Å². The molecular weight excluding hydrogens is 380 g/mol. The molecule has 0 saturated carbocycles. The number of amides is 1. The van der Waals surface area contributed by atoms with Gasteiger partial charge in [0.1, 0.15) is 17.4 Å². The van der Waals surface area contributed by atoms with E-state index >= 15 is 0 Å². The molecule has 1 N–H and O–H groups in total. The van der Waals surface area contributed by atoms with E-state index in [1.807, 2.05) is 39.0 Å². The summed E-state index contributed by atoms with van der Waals surface area (Å²) in [7, 11) is 0. The van der Waals surface area contributed by atoms with Gasteiger partial charge in [-0.05, 0) is 38.7 Å². The lowest BCUT2D eigenvalue weighted by molar-refractivity contribution is -0.125. The predicted octanol–water partition coefficient (Wildman–Crippen LogP) is 3.64. The maximum absolute atomic E-state index is 13.1. The summed E-state index contributed by atoms with van der Waals surface area (Å²) < 4.78 is 8.50. The van der Waals surface area contributed by atoms with Crippen LogP contribution in [0.3, 0.4) is 0 Å². The number of benzene rings is 1. The van der Waals surface area contributed by atoms with Gasteiger partial charge >= 0.3 is 0 Å². The first kappa shape index (κ1) is 19.9. The molecule has 4 aromatic rings. The minimum atomic E-state index is -0.665. The molecule has 0 aliphatic carbocycles. The molecule has 0 spiro atoms. The fourth-order valence-electron chi connectivity index (χ4n) is 3.91. The summed E-state index contributed by atoms with van der Waals surface area (Å²) >= 11 is 0. The van der Waals surface area contributed by atoms with E-state index in [0.717, 1.165) is 18.4 Å². The molecule has 2 atom stereocenters. The first-order valence-corrected chi connectivity index (χ1v) is 10.3. The van der Waals surface area contributed by atoms with Crippen molar-refractivity contribution in [2.75, 3.05) is 0 Å². The van der Waals surface area contributed by atoms with Crippen molar-refractivity contribution in [3.05, 3.63) is 70.5 Å². The molecule has 4 rings (SSSR count). The Kier molecular flexibility index (Phi) is 5.44. The summed E-state index contributed by atoms with van der Waals surface area (Å²) in [5.41, 5.74) is 2.82. The van der Waals surface area contributed by atoms with Gasteiger partial charge in [-0.1, -0.05) is 37.3 Å². The van der Waals surface area contributed by atoms with Crippen molar-refractivity contribution < 1.29 is 9.21 Å². The largest absolute Gasteiger partial charge is 0.463 e. The van der Waals surface area contributed by atoms with Crippen LogP contribution in [0, 0.1) is 6.92 Å². The number of furan rings is 1. The predicted molar refractivity (Wildman–Crippen MR) is 116 cm³/mol. The molecule has 7 heteroatoms. The highest BCUT2D eigenvalue weighted by atomic mass is 16.3. The number of aryl methyl sites for hydroxylation is 2. The quantitative estimate of drug-likeness (QED) is 0.508. The van der Waals surface area contributed by atoms with Crippen molar-refractivity contribution in [2.24, 2.45) is 0 Å². The number of nitrogens with zero attached hydrogens (tertiary/aromatic N) is 3. The third-order valence-corrected chi connectivity index (χ3v) is 5.51. The molecule has 0 saturated heterocycles. The Labute approximate surface area is 174 Å². The van der Waals surface area contributed by atoms with Gasteiger partial charge in [-0.25, -0.2) is 4.68 Å². The smallest absolute Gasteiger partial charge is 0.291 e. The molecule has 0 unspecified atom stereocenters. The number of fused-ring (bicyclic) bond motifs is 3. The second-order valence-corrected chi connectivity index (χ2v) is 7.69. The molecule has 7 nitrogen and oxygen atoms in total. The Hall–Kier alpha value is -3.35. The van der Waals surface area contributed by atoms with Crippen LogP contribution >= 0.6 is 0 Å². The third-order valence-electron chi connectivity index (χ3n) is 5.51. The van der Waals surface area contributed by atoms with Gasteiger partial charge in [0.15, 0.2) is 5.58 Å². The van der Waals surface area contributed by atoms with Gasteiger partial charge in [0.2, 0.25) is 5.91 Å². The number of nitrogens with one attached hydrogen (secondary N) is 1. The SMILES string of the molecule is CC[C@H](C(=O)N[C@H](C)CCc1ccccc1)n1nc(C)n2c(cc3occc32)c1=O. The first-order chi connectivity index (χ1) is 14.5. The Morgan fingerprint density at radius 3 is 2.70 bits per heavy atom. The van der Waals surface area contributed by atoms with Crippen LogP contribution in [-0.2, 0) is 11.2 Å². The van der Waals surface area contributed by atoms with Gasteiger partial charge in [-0.3, -0.25) is 14.0 Å². The summed E-state index contributed by atoms with van der Waals surface area (Å²) in [6, 6.07) is 13.0. The lowest BCUT2D eigenvalue weighted by Crippen LogP contribution is -2.42. The molecule has 3 heterocycles. The van der Waals surface area contributed by atoms with E-state index in [1.54, 1.807) is 22.8 Å². The molecule has 0 bridgehead atoms. The molecule has 0 aliphatic heterocycles. The van der Waals surface area contributed by atoms with Crippen LogP contribution in [0.4, 0.5) is 0 Å². The summed E-state index contributed by atoms with van der Waals surface area (Å²) in [5.74, 6) is 0.441. The molecule has 1 amide bonds. The van der Waals surface area contributed by atoms with Crippen LogP contribution in [0.1, 0.15) is 44.1 Å². The third kappa shape index (κ3) is 3.63. The maximum Gasteiger partial charge on any atom is 0.291 e. The van der Waals surface area contributed by atoms with Crippen molar-refractivity contribution in [2.45, 2.75) is 52.1 Å². The highest BCUT2D eigenvalue weighted by molar-refractivity contribution is 5.83. The number of hydrogen-bond donors (Lipinski definition) is 1. The highest BCUT2D eigenvalue weighted by Gasteiger charge is 2.24. The summed E-state index contributed by atoms with van der Waals surface area (Å²) in [6.07, 6.45) is 3.75. The molecule has 30 heavy (non-hydrogen) atoms. The zero-order valence-electron chi connectivity index (χ0n) is 17.5. The van der Waals surface area contributed by atoms with E-state index in [-0.39, 0.29) is 17.5 Å². The summed E-state index contributed by atoms with van der Waals surface area (Å²) in [4.78, 5) is 26.1. The molecule has 1 aromatic carbocycles. The maximum atomic E-state index is 13.1. The van der Waals surface area contributed by atoms with Crippen LogP contribution in [0.2, 0.25) is 0 Å². The fourth-order valence-corrected chi connectivity index (χ4v) is 3.91. The van der Waals surface area contributed by atoms with Crippen LogP contribution in [0.25, 0.3) is 16.6 Å². The summed E-state index contributed by atoms with van der Waals surface area (Å²) in [6.45, 7) is 5.69. The van der Waals surface area contributed by atoms with E-state index in [9.17, 15) is 9.59 Å². The van der Waals surface area contributed by atoms with Gasteiger partial charge in [0, 0.05) is 18.2 Å². The van der Waals surface area contributed by atoms with Crippen molar-refractivity contribution in [1.82, 2.24) is 19.5 Å². The molecule has 0 fully saturated rings. The van der Waals surface area contributed by atoms with Gasteiger partial charge in [-0.2, -0.15) is 5.10 Å². The van der Waals surface area contributed by atoms with Crippen LogP contribution < -0.4 is 10.9 Å². The van der Waals surface area contributed by atoms with E-state index in [4.69, 9.17) is 4.42 Å². The van der Waals surface area contributed by atoms with Crippen molar-refractivity contribution in [3.8, 4) is 0 Å². The number of carbonyl (C=O) groups excluding carboxylic acids is 1. The van der Waals surface area contributed by atoms with Crippen LogP contribution in [0.15, 0.2) is 57.9 Å². The van der Waals surface area contributed by atoms with Gasteiger partial charge in [-0.15, -0.1) is 0 Å². The molecule has 156 valence electrons. The zero-order chi connectivity index (χ0) is 21.3. The zero-order valence-corrected chi connectivity index (χ0v) is 17.5. The topological polar surface area (TPSA) is 81.5 Å². The summed E-state index contributed by atoms with van der Waals surface area (Å²) in [5, 5.41) is 7.51. The Morgan fingerprint density at radius 2 is 1.97 bits per heavy atom. The number of carbonyl (C=O) groups is 1. The van der Waals surface area contributed by atoms with Gasteiger partial charge < -0.3 is 9.73 Å². The average Bonchev–Trinajstić information content (AvgIpc) is 3.33. The highest BCUT2D eigenvalue weighted by Crippen LogP contribution is 2.21. The molecule has 0 aliphatic rings. The van der Waals surface area contributed by atoms with E-state index in [2.05, 4.69) is 22.5 Å². The van der Waals surface area contributed by atoms with Crippen molar-refractivity contribution >= 4 is 22.5 Å². The minimum absolute atomic E-state index is 0.0112. The molecule has 0 radical (unpaired) electrons. The monoisotopic (exact) mass is 406 g/mol. The number of rotatable bonds is 7. The van der Waals surface area contributed by atoms with Gasteiger partial charge in [0.05, 0.1) is 11.8 Å². The lowest BCUT2D eigenvalue weighted by atomic mass is 10.1. The van der Waals surface area contributed by atoms with Crippen molar-refractivity contribution in [1.29, 1.82) is 0 Å². The second-order valence-electron chi connectivity index (χ2n) is 7.69. The van der Waals surface area contributed by atoms with Gasteiger partial charge in [0.25, 0.3) is 5.56 Å². The van der Waals surface area contributed by atoms with Crippen LogP contribution in [-0.4, -0.2) is 26.1 Å². The lowest BCUT2D eigenvalue weighted by Gasteiger charge is -2.21. The second kappa shape index (κ2) is 8.18. The first-order valence-electron chi connectivity index (χ1n) is 10.3. The standard InChI is InChI=1S/C23H26N4O3/c1-4-18(22(28)24-15(2)10-11-17-8-6-5-7-9-17)27-23(29)20-14-21-19(12-13-30-21)26(20)16(3)25-27/h5-9,12-15,18H,4,10-11H2,1-3H3,(H,24,28)/t15-,18-/m1/s1. The Morgan fingerprint density at radius 1 is 1.20 bits per heavy atom. The molecular formula is C23H26N4O3.